The topological polar surface area (TPSA) is 15.3 Å². The van der Waals surface area contributed by atoms with Gasteiger partial charge in [-0.15, -0.1) is 0 Å². The molecule has 2 nitrogen and oxygen atoms in total. The molecule has 21 heavy (non-hydrogen) atoms. The van der Waals surface area contributed by atoms with Gasteiger partial charge < -0.3 is 10.2 Å². The van der Waals surface area contributed by atoms with Crippen LogP contribution in [0.2, 0.25) is 0 Å². The summed E-state index contributed by atoms with van der Waals surface area (Å²) in [5, 5.41) is 3.28. The predicted octanol–water partition coefficient (Wildman–Crippen LogP) is 4.30. The Hall–Kier alpha value is -1.23. The van der Waals surface area contributed by atoms with Gasteiger partial charge in [-0.05, 0) is 57.0 Å². The molecule has 0 aliphatic carbocycles. The van der Waals surface area contributed by atoms with Crippen molar-refractivity contribution >= 4 is 5.69 Å². The lowest BCUT2D eigenvalue weighted by Crippen LogP contribution is -2.26. The normalized spacial score (nSPS) is 21.1. The Kier molecular flexibility index (Phi) is 5.14. The Morgan fingerprint density at radius 3 is 2.67 bits per heavy atom. The molecule has 5 heteroatoms. The highest BCUT2D eigenvalue weighted by Crippen LogP contribution is 2.33. The van der Waals surface area contributed by atoms with Crippen molar-refractivity contribution in [3.05, 3.63) is 29.3 Å². The highest BCUT2D eigenvalue weighted by Gasteiger charge is 2.32. The van der Waals surface area contributed by atoms with E-state index in [1.807, 2.05) is 0 Å². The van der Waals surface area contributed by atoms with Crippen LogP contribution in [0.3, 0.4) is 0 Å². The molecule has 1 unspecified atom stereocenters. The number of likely N-dealkylation sites (tertiary alicyclic amines) is 1. The average molecular weight is 300 g/mol. The van der Waals surface area contributed by atoms with Gasteiger partial charge in [0.25, 0.3) is 0 Å². The molecule has 0 saturated carbocycles. The molecule has 1 aromatic carbocycles. The zero-order valence-electron chi connectivity index (χ0n) is 12.6. The van der Waals surface area contributed by atoms with Gasteiger partial charge in [0, 0.05) is 18.3 Å². The standard InChI is InChI=1S/C16H23F3N2/c1-3-21-9-4-5-13(8-10-21)20-14-7-6-12(2)15(11-14)16(17,18)19/h6-7,11,13,20H,3-5,8-10H2,1-2H3. The van der Waals surface area contributed by atoms with Crippen LogP contribution >= 0.6 is 0 Å². The Morgan fingerprint density at radius 1 is 1.24 bits per heavy atom. The summed E-state index contributed by atoms with van der Waals surface area (Å²) < 4.78 is 38.8. The number of halogens is 3. The van der Waals surface area contributed by atoms with E-state index in [4.69, 9.17) is 0 Å². The monoisotopic (exact) mass is 300 g/mol. The smallest absolute Gasteiger partial charge is 0.382 e. The molecule has 0 aromatic heterocycles. The third-order valence-electron chi connectivity index (χ3n) is 4.18. The van der Waals surface area contributed by atoms with Crippen molar-refractivity contribution < 1.29 is 13.2 Å². The fraction of sp³-hybridized carbons (Fsp3) is 0.625. The molecule has 1 atom stereocenters. The van der Waals surface area contributed by atoms with Crippen LogP contribution in [0.25, 0.3) is 0 Å². The van der Waals surface area contributed by atoms with E-state index >= 15 is 0 Å². The summed E-state index contributed by atoms with van der Waals surface area (Å²) in [6.45, 7) is 6.76. The molecule has 1 aliphatic heterocycles. The number of aryl methyl sites for hydroxylation is 1. The number of hydrogen-bond acceptors (Lipinski definition) is 2. The SMILES string of the molecule is CCN1CCCC(Nc2ccc(C)c(C(F)(F)F)c2)CC1. The van der Waals surface area contributed by atoms with Crippen LogP contribution in [0.5, 0.6) is 0 Å². The van der Waals surface area contributed by atoms with Crippen molar-refractivity contribution in [2.45, 2.75) is 45.3 Å². The van der Waals surface area contributed by atoms with Crippen LogP contribution in [0, 0.1) is 6.92 Å². The number of benzene rings is 1. The number of alkyl halides is 3. The fourth-order valence-corrected chi connectivity index (χ4v) is 2.87. The number of nitrogens with zero attached hydrogens (tertiary/aromatic N) is 1. The fourth-order valence-electron chi connectivity index (χ4n) is 2.87. The summed E-state index contributed by atoms with van der Waals surface area (Å²) in [5.41, 5.74) is 0.297. The summed E-state index contributed by atoms with van der Waals surface area (Å²) in [4.78, 5) is 2.39. The van der Waals surface area contributed by atoms with Gasteiger partial charge in [0.05, 0.1) is 5.56 Å². The predicted molar refractivity (Wildman–Crippen MR) is 79.6 cm³/mol. The Morgan fingerprint density at radius 2 is 2.00 bits per heavy atom. The van der Waals surface area contributed by atoms with Crippen LogP contribution in [-0.2, 0) is 6.18 Å². The van der Waals surface area contributed by atoms with Crippen LogP contribution in [0.4, 0.5) is 18.9 Å². The third kappa shape index (κ3) is 4.37. The van der Waals surface area contributed by atoms with Crippen molar-refractivity contribution in [2.75, 3.05) is 25.0 Å². The highest BCUT2D eigenvalue weighted by molar-refractivity contribution is 5.50. The lowest BCUT2D eigenvalue weighted by atomic mass is 10.1. The van der Waals surface area contributed by atoms with Gasteiger partial charge in [-0.1, -0.05) is 13.0 Å². The average Bonchev–Trinajstić information content (AvgIpc) is 2.65. The van der Waals surface area contributed by atoms with E-state index in [-0.39, 0.29) is 11.6 Å². The summed E-state index contributed by atoms with van der Waals surface area (Å²) in [7, 11) is 0. The maximum Gasteiger partial charge on any atom is 0.416 e. The summed E-state index contributed by atoms with van der Waals surface area (Å²) >= 11 is 0. The summed E-state index contributed by atoms with van der Waals surface area (Å²) in [5.74, 6) is 0. The van der Waals surface area contributed by atoms with Gasteiger partial charge >= 0.3 is 6.18 Å². The Bertz CT molecular complexity index is 471. The molecule has 1 aromatic rings. The first-order chi connectivity index (χ1) is 9.90. The van der Waals surface area contributed by atoms with Gasteiger partial charge in [0.15, 0.2) is 0 Å². The van der Waals surface area contributed by atoms with E-state index < -0.39 is 11.7 Å². The Balaban J connectivity index is 2.06. The molecule has 1 fully saturated rings. The van der Waals surface area contributed by atoms with Gasteiger partial charge in [0.1, 0.15) is 0 Å². The highest BCUT2D eigenvalue weighted by atomic mass is 19.4. The molecule has 0 bridgehead atoms. The van der Waals surface area contributed by atoms with E-state index in [1.54, 1.807) is 12.1 Å². The van der Waals surface area contributed by atoms with Gasteiger partial charge in [-0.3, -0.25) is 0 Å². The summed E-state index contributed by atoms with van der Waals surface area (Å²) in [6, 6.07) is 4.77. The van der Waals surface area contributed by atoms with Crippen molar-refractivity contribution in [1.29, 1.82) is 0 Å². The zero-order chi connectivity index (χ0) is 15.5. The maximum atomic E-state index is 12.9. The van der Waals surface area contributed by atoms with E-state index in [0.717, 1.165) is 38.9 Å². The number of anilines is 1. The molecule has 1 aliphatic rings. The first kappa shape index (κ1) is 16.1. The van der Waals surface area contributed by atoms with E-state index in [1.165, 1.54) is 13.0 Å². The molecule has 0 amide bonds. The molecular formula is C16H23F3N2. The van der Waals surface area contributed by atoms with Crippen LogP contribution in [0.15, 0.2) is 18.2 Å². The van der Waals surface area contributed by atoms with E-state index in [0.29, 0.717) is 5.69 Å². The molecule has 0 spiro atoms. The van der Waals surface area contributed by atoms with Crippen molar-refractivity contribution in [3.63, 3.8) is 0 Å². The number of nitrogens with one attached hydrogen (secondary N) is 1. The Labute approximate surface area is 124 Å². The second-order valence-electron chi connectivity index (χ2n) is 5.73. The quantitative estimate of drug-likeness (QED) is 0.895. The minimum Gasteiger partial charge on any atom is -0.382 e. The second kappa shape index (κ2) is 6.69. The van der Waals surface area contributed by atoms with Crippen LogP contribution < -0.4 is 5.32 Å². The van der Waals surface area contributed by atoms with Gasteiger partial charge in [0.2, 0.25) is 0 Å². The van der Waals surface area contributed by atoms with Crippen molar-refractivity contribution in [2.24, 2.45) is 0 Å². The first-order valence-corrected chi connectivity index (χ1v) is 7.57. The minimum atomic E-state index is -4.29. The molecule has 1 N–H and O–H groups in total. The lowest BCUT2D eigenvalue weighted by Gasteiger charge is -2.20. The number of hydrogen-bond donors (Lipinski definition) is 1. The first-order valence-electron chi connectivity index (χ1n) is 7.57. The second-order valence-corrected chi connectivity index (χ2v) is 5.73. The minimum absolute atomic E-state index is 0.255. The molecular weight excluding hydrogens is 277 g/mol. The van der Waals surface area contributed by atoms with Crippen LogP contribution in [-0.4, -0.2) is 30.6 Å². The molecule has 0 radical (unpaired) electrons. The van der Waals surface area contributed by atoms with Gasteiger partial charge in [-0.25, -0.2) is 0 Å². The molecule has 1 heterocycles. The van der Waals surface area contributed by atoms with Gasteiger partial charge in [-0.2, -0.15) is 13.2 Å². The molecule has 118 valence electrons. The third-order valence-corrected chi connectivity index (χ3v) is 4.18. The zero-order valence-corrected chi connectivity index (χ0v) is 12.6. The maximum absolute atomic E-state index is 12.9. The van der Waals surface area contributed by atoms with Crippen molar-refractivity contribution in [3.8, 4) is 0 Å². The van der Waals surface area contributed by atoms with E-state index in [9.17, 15) is 13.2 Å². The largest absolute Gasteiger partial charge is 0.416 e. The molecule has 1 saturated heterocycles. The lowest BCUT2D eigenvalue weighted by molar-refractivity contribution is -0.138. The van der Waals surface area contributed by atoms with E-state index in [2.05, 4.69) is 17.1 Å². The molecule has 2 rings (SSSR count). The number of rotatable bonds is 3. The van der Waals surface area contributed by atoms with Crippen LogP contribution in [0.1, 0.15) is 37.3 Å². The summed E-state index contributed by atoms with van der Waals surface area (Å²) in [6.07, 6.45) is -1.22. The van der Waals surface area contributed by atoms with Crippen molar-refractivity contribution in [1.82, 2.24) is 4.90 Å².